The third kappa shape index (κ3) is 3.46. The summed E-state index contributed by atoms with van der Waals surface area (Å²) in [6.45, 7) is 1.88. The van der Waals surface area contributed by atoms with Crippen molar-refractivity contribution in [3.05, 3.63) is 76.3 Å². The fraction of sp³-hybridized carbons (Fsp3) is 0.0588. The first-order chi connectivity index (χ1) is 11.6. The summed E-state index contributed by atoms with van der Waals surface area (Å²) in [6.07, 6.45) is 4.86. The van der Waals surface area contributed by atoms with Gasteiger partial charge in [-0.15, -0.1) is 0 Å². The number of aryl methyl sites for hydroxylation is 1. The Bertz CT molecular complexity index is 888. The third-order valence-corrected chi connectivity index (χ3v) is 3.39. The number of anilines is 1. The molecular weight excluding hydrogens is 308 g/mol. The zero-order valence-electron chi connectivity index (χ0n) is 12.8. The van der Waals surface area contributed by atoms with Crippen LogP contribution in [0.4, 0.5) is 11.4 Å². The van der Waals surface area contributed by atoms with Crippen LogP contribution in [0.1, 0.15) is 11.3 Å². The van der Waals surface area contributed by atoms with Crippen molar-refractivity contribution >= 4 is 17.6 Å². The number of pyridine rings is 1. The van der Waals surface area contributed by atoms with Crippen molar-refractivity contribution in [3.8, 4) is 11.3 Å². The molecule has 0 bridgehead atoms. The lowest BCUT2D eigenvalue weighted by atomic mass is 10.1. The van der Waals surface area contributed by atoms with Gasteiger partial charge in [0.2, 0.25) is 0 Å². The van der Waals surface area contributed by atoms with Crippen molar-refractivity contribution in [1.82, 2.24) is 4.98 Å². The molecule has 2 heterocycles. The first-order valence-electron chi connectivity index (χ1n) is 7.18. The Morgan fingerprint density at radius 1 is 1.21 bits per heavy atom. The van der Waals surface area contributed by atoms with E-state index >= 15 is 0 Å². The van der Waals surface area contributed by atoms with Crippen LogP contribution in [0, 0.1) is 17.0 Å². The highest BCUT2D eigenvalue weighted by Gasteiger charge is 2.12. The summed E-state index contributed by atoms with van der Waals surface area (Å²) in [7, 11) is 0. The van der Waals surface area contributed by atoms with Gasteiger partial charge in [-0.1, -0.05) is 6.07 Å². The molecule has 0 spiro atoms. The van der Waals surface area contributed by atoms with E-state index in [0.29, 0.717) is 17.1 Å². The molecule has 7 nitrogen and oxygen atoms in total. The maximum atomic E-state index is 10.9. The highest BCUT2D eigenvalue weighted by atomic mass is 16.6. The quantitative estimate of drug-likeness (QED) is 0.435. The lowest BCUT2D eigenvalue weighted by Gasteiger charge is -2.02. The molecule has 1 aromatic carbocycles. The van der Waals surface area contributed by atoms with E-state index in [1.807, 2.05) is 6.92 Å². The monoisotopic (exact) mass is 322 g/mol. The van der Waals surface area contributed by atoms with E-state index in [0.717, 1.165) is 11.3 Å². The molecule has 0 saturated heterocycles. The van der Waals surface area contributed by atoms with E-state index in [2.05, 4.69) is 15.5 Å². The highest BCUT2D eigenvalue weighted by Crippen LogP contribution is 2.28. The lowest BCUT2D eigenvalue weighted by Crippen LogP contribution is -1.90. The van der Waals surface area contributed by atoms with Crippen LogP contribution in [0.3, 0.4) is 0 Å². The number of rotatable bonds is 5. The van der Waals surface area contributed by atoms with Gasteiger partial charge in [0.1, 0.15) is 11.5 Å². The number of hydrazone groups is 1. The average molecular weight is 322 g/mol. The van der Waals surface area contributed by atoms with Gasteiger partial charge in [-0.05, 0) is 36.8 Å². The number of nitrogens with one attached hydrogen (secondary N) is 1. The summed E-state index contributed by atoms with van der Waals surface area (Å²) in [6, 6.07) is 11.8. The van der Waals surface area contributed by atoms with Crippen LogP contribution in [0.25, 0.3) is 11.3 Å². The molecule has 0 aliphatic heterocycles. The van der Waals surface area contributed by atoms with Crippen LogP contribution in [-0.4, -0.2) is 16.1 Å². The molecule has 0 aliphatic carbocycles. The summed E-state index contributed by atoms with van der Waals surface area (Å²) in [5, 5.41) is 15.0. The van der Waals surface area contributed by atoms with Gasteiger partial charge < -0.3 is 4.42 Å². The van der Waals surface area contributed by atoms with Crippen molar-refractivity contribution in [3.63, 3.8) is 0 Å². The molecule has 3 aromatic rings. The topological polar surface area (TPSA) is 93.6 Å². The maximum absolute atomic E-state index is 10.9. The first-order valence-corrected chi connectivity index (χ1v) is 7.18. The van der Waals surface area contributed by atoms with Gasteiger partial charge in [0, 0.05) is 30.1 Å². The number of aromatic nitrogens is 1. The van der Waals surface area contributed by atoms with E-state index < -0.39 is 4.92 Å². The largest absolute Gasteiger partial charge is 0.455 e. The third-order valence-electron chi connectivity index (χ3n) is 3.39. The number of nitrogens with zero attached hydrogens (tertiary/aromatic N) is 3. The number of benzene rings is 1. The van der Waals surface area contributed by atoms with Crippen molar-refractivity contribution in [2.75, 3.05) is 5.43 Å². The molecule has 24 heavy (non-hydrogen) atoms. The predicted molar refractivity (Wildman–Crippen MR) is 91.0 cm³/mol. The second kappa shape index (κ2) is 6.74. The molecule has 0 unspecified atom stereocenters. The van der Waals surface area contributed by atoms with E-state index in [1.54, 1.807) is 42.7 Å². The van der Waals surface area contributed by atoms with Crippen molar-refractivity contribution < 1.29 is 9.34 Å². The zero-order valence-corrected chi connectivity index (χ0v) is 12.8. The number of hydrogen-bond donors (Lipinski definition) is 1. The number of nitro benzene ring substituents is 1. The summed E-state index contributed by atoms with van der Waals surface area (Å²) < 4.78 is 5.70. The van der Waals surface area contributed by atoms with Gasteiger partial charge in [-0.3, -0.25) is 20.5 Å². The summed E-state index contributed by atoms with van der Waals surface area (Å²) in [5.41, 5.74) is 5.28. The number of non-ortho nitro benzene ring substituents is 1. The van der Waals surface area contributed by atoms with Gasteiger partial charge in [0.25, 0.3) is 5.69 Å². The molecule has 120 valence electrons. The van der Waals surface area contributed by atoms with E-state index in [1.165, 1.54) is 18.3 Å². The minimum Gasteiger partial charge on any atom is -0.455 e. The number of hydrogen-bond acceptors (Lipinski definition) is 6. The predicted octanol–water partition coefficient (Wildman–Crippen LogP) is 4.00. The normalized spacial score (nSPS) is 10.9. The summed E-state index contributed by atoms with van der Waals surface area (Å²) in [4.78, 5) is 14.4. The van der Waals surface area contributed by atoms with Crippen LogP contribution in [0.2, 0.25) is 0 Å². The van der Waals surface area contributed by atoms with Gasteiger partial charge in [-0.2, -0.15) is 5.10 Å². The molecule has 0 amide bonds. The van der Waals surface area contributed by atoms with Crippen LogP contribution in [-0.2, 0) is 0 Å². The van der Waals surface area contributed by atoms with Gasteiger partial charge in [0.15, 0.2) is 0 Å². The van der Waals surface area contributed by atoms with Gasteiger partial charge in [-0.25, -0.2) is 0 Å². The average Bonchev–Trinajstić information content (AvgIpc) is 3.04. The molecule has 7 heteroatoms. The Kier molecular flexibility index (Phi) is 4.33. The lowest BCUT2D eigenvalue weighted by molar-refractivity contribution is -0.384. The van der Waals surface area contributed by atoms with E-state index in [-0.39, 0.29) is 5.69 Å². The van der Waals surface area contributed by atoms with Crippen LogP contribution in [0.15, 0.2) is 64.4 Å². The number of nitro groups is 1. The Balaban J connectivity index is 1.78. The smallest absolute Gasteiger partial charge is 0.270 e. The molecule has 3 rings (SSSR count). The second-order valence-electron chi connectivity index (χ2n) is 5.06. The molecule has 0 atom stereocenters. The minimum atomic E-state index is -0.424. The Labute approximate surface area is 137 Å². The summed E-state index contributed by atoms with van der Waals surface area (Å²) >= 11 is 0. The Morgan fingerprint density at radius 2 is 2.00 bits per heavy atom. The van der Waals surface area contributed by atoms with Crippen molar-refractivity contribution in [2.24, 2.45) is 5.10 Å². The Hall–Kier alpha value is -3.48. The molecule has 2 aromatic heterocycles. The molecule has 0 aliphatic rings. The van der Waals surface area contributed by atoms with Gasteiger partial charge in [0.05, 0.1) is 16.8 Å². The van der Waals surface area contributed by atoms with Crippen LogP contribution < -0.4 is 5.43 Å². The SMILES string of the molecule is Cc1ccc([N+](=O)[O-])cc1-c1ccc(/C=N/Nc2ccncc2)o1. The molecular formula is C17H14N4O3. The molecule has 0 fully saturated rings. The highest BCUT2D eigenvalue weighted by molar-refractivity contribution is 5.78. The minimum absolute atomic E-state index is 0.0292. The number of furan rings is 1. The van der Waals surface area contributed by atoms with Crippen molar-refractivity contribution in [1.29, 1.82) is 0 Å². The zero-order chi connectivity index (χ0) is 16.9. The van der Waals surface area contributed by atoms with Crippen LogP contribution in [0.5, 0.6) is 0 Å². The Morgan fingerprint density at radius 3 is 2.75 bits per heavy atom. The van der Waals surface area contributed by atoms with E-state index in [9.17, 15) is 10.1 Å². The van der Waals surface area contributed by atoms with Gasteiger partial charge >= 0.3 is 0 Å². The summed E-state index contributed by atoms with van der Waals surface area (Å²) in [5.74, 6) is 1.10. The molecule has 1 N–H and O–H groups in total. The fourth-order valence-corrected chi connectivity index (χ4v) is 2.15. The molecule has 0 saturated carbocycles. The maximum Gasteiger partial charge on any atom is 0.270 e. The second-order valence-corrected chi connectivity index (χ2v) is 5.06. The van der Waals surface area contributed by atoms with E-state index in [4.69, 9.17) is 4.42 Å². The fourth-order valence-electron chi connectivity index (χ4n) is 2.15. The van der Waals surface area contributed by atoms with Crippen molar-refractivity contribution in [2.45, 2.75) is 6.92 Å². The molecule has 0 radical (unpaired) electrons. The first kappa shape index (κ1) is 15.4. The van der Waals surface area contributed by atoms with Crippen LogP contribution >= 0.6 is 0 Å². The standard InChI is InChI=1S/C17H14N4O3/c1-12-2-3-14(21(22)23)10-16(12)17-5-4-15(24-17)11-19-20-13-6-8-18-9-7-13/h2-11H,1H3,(H,18,20)/b19-11+.